The number of carbonyl (C=O) groups excluding carboxylic acids is 2. The fourth-order valence-electron chi connectivity index (χ4n) is 5.00. The van der Waals surface area contributed by atoms with Crippen LogP contribution in [0.3, 0.4) is 0 Å². The fraction of sp³-hybridized carbons (Fsp3) is 0.375. The van der Waals surface area contributed by atoms with Gasteiger partial charge in [-0.15, -0.1) is 0 Å². The zero-order chi connectivity index (χ0) is 28.8. The van der Waals surface area contributed by atoms with E-state index in [9.17, 15) is 18.0 Å². The molecule has 7 nitrogen and oxygen atoms in total. The molecule has 1 atom stereocenters. The fourth-order valence-corrected chi connectivity index (χ4v) is 6.30. The summed E-state index contributed by atoms with van der Waals surface area (Å²) in [7, 11) is -3.68. The van der Waals surface area contributed by atoms with E-state index in [1.807, 2.05) is 93.6 Å². The molecule has 4 rings (SSSR count). The number of sulfonamides is 1. The molecule has 0 radical (unpaired) electrons. The van der Waals surface area contributed by atoms with Gasteiger partial charge < -0.3 is 10.1 Å². The van der Waals surface area contributed by atoms with Gasteiger partial charge in [-0.2, -0.15) is 0 Å². The number of rotatable bonds is 9. The lowest BCUT2D eigenvalue weighted by Gasteiger charge is -2.30. The molecule has 3 aromatic rings. The summed E-state index contributed by atoms with van der Waals surface area (Å²) in [5.41, 5.74) is 2.20. The van der Waals surface area contributed by atoms with Gasteiger partial charge in [-0.05, 0) is 75.3 Å². The Morgan fingerprint density at radius 3 is 1.95 bits per heavy atom. The summed E-state index contributed by atoms with van der Waals surface area (Å²) >= 11 is 0. The van der Waals surface area contributed by atoms with E-state index in [2.05, 4.69) is 10.0 Å². The minimum Gasteiger partial charge on any atom is -0.460 e. The van der Waals surface area contributed by atoms with Crippen molar-refractivity contribution in [3.63, 3.8) is 0 Å². The van der Waals surface area contributed by atoms with E-state index in [1.54, 1.807) is 12.1 Å². The van der Waals surface area contributed by atoms with E-state index >= 15 is 0 Å². The predicted octanol–water partition coefficient (Wildman–Crippen LogP) is 5.78. The van der Waals surface area contributed by atoms with Crippen molar-refractivity contribution in [2.24, 2.45) is 5.92 Å². The van der Waals surface area contributed by atoms with E-state index in [0.29, 0.717) is 25.7 Å². The van der Waals surface area contributed by atoms with Gasteiger partial charge in [0.15, 0.2) is 0 Å². The van der Waals surface area contributed by atoms with Gasteiger partial charge in [-0.25, -0.2) is 13.1 Å². The normalized spacial score (nSPS) is 18.5. The van der Waals surface area contributed by atoms with Crippen LogP contribution in [-0.4, -0.2) is 31.9 Å². The summed E-state index contributed by atoms with van der Waals surface area (Å²) < 4.78 is 34.4. The Morgan fingerprint density at radius 2 is 1.38 bits per heavy atom. The van der Waals surface area contributed by atoms with Crippen molar-refractivity contribution < 1.29 is 22.7 Å². The smallest absolute Gasteiger partial charge is 0.308 e. The van der Waals surface area contributed by atoms with Gasteiger partial charge >= 0.3 is 5.97 Å². The molecule has 0 aliphatic heterocycles. The second-order valence-corrected chi connectivity index (χ2v) is 13.0. The molecule has 1 aliphatic rings. The van der Waals surface area contributed by atoms with Crippen LogP contribution >= 0.6 is 0 Å². The Hall–Kier alpha value is -3.49. The highest BCUT2D eigenvalue weighted by molar-refractivity contribution is 7.89. The highest BCUT2D eigenvalue weighted by Crippen LogP contribution is 2.28. The number of hydrogen-bond donors (Lipinski definition) is 2. The standard InChI is InChI=1S/C32H38N2O5S/c1-32(2,3)39-30(35)22-29(25-12-8-5-9-13-25)33-31(36)26-14-18-27(19-15-26)34-40(37,38)28-20-16-24(17-21-28)23-10-6-4-7-11-23/h4-13,16-17,20-21,26-27,29,34H,14-15,18-19,22H2,1-3H3,(H,33,36)/t26?,27?,29-/m1/s1. The van der Waals surface area contributed by atoms with Gasteiger partial charge in [0.2, 0.25) is 15.9 Å². The summed E-state index contributed by atoms with van der Waals surface area (Å²) in [6.07, 6.45) is 2.26. The molecule has 0 saturated heterocycles. The maximum Gasteiger partial charge on any atom is 0.308 e. The number of benzene rings is 3. The highest BCUT2D eigenvalue weighted by atomic mass is 32.2. The van der Waals surface area contributed by atoms with Crippen molar-refractivity contribution in [3.05, 3.63) is 90.5 Å². The number of hydrogen-bond acceptors (Lipinski definition) is 5. The Labute approximate surface area is 237 Å². The SMILES string of the molecule is CC(C)(C)OC(=O)C[C@@H](NC(=O)C1CCC(NS(=O)(=O)c2ccc(-c3ccccc3)cc2)CC1)c1ccccc1. The number of nitrogens with one attached hydrogen (secondary N) is 2. The highest BCUT2D eigenvalue weighted by Gasteiger charge is 2.31. The van der Waals surface area contributed by atoms with Crippen molar-refractivity contribution in [2.45, 2.75) is 75.5 Å². The lowest BCUT2D eigenvalue weighted by molar-refractivity contribution is -0.155. The third-order valence-corrected chi connectivity index (χ3v) is 8.54. The van der Waals surface area contributed by atoms with Crippen molar-refractivity contribution >= 4 is 21.9 Å². The van der Waals surface area contributed by atoms with E-state index in [-0.39, 0.29) is 35.2 Å². The van der Waals surface area contributed by atoms with Gasteiger partial charge in [0, 0.05) is 12.0 Å². The number of amides is 1. The largest absolute Gasteiger partial charge is 0.460 e. The number of esters is 1. The van der Waals surface area contributed by atoms with Crippen LogP contribution in [0.1, 0.15) is 64.5 Å². The first kappa shape index (κ1) is 29.5. The summed E-state index contributed by atoms with van der Waals surface area (Å²) in [5, 5.41) is 3.05. The molecule has 0 unspecified atom stereocenters. The first-order chi connectivity index (χ1) is 19.0. The molecule has 3 aromatic carbocycles. The van der Waals surface area contributed by atoms with Crippen LogP contribution in [0.4, 0.5) is 0 Å². The Bertz CT molecular complexity index is 1380. The molecule has 0 heterocycles. The minimum absolute atomic E-state index is 0.0330. The van der Waals surface area contributed by atoms with E-state index in [0.717, 1.165) is 16.7 Å². The molecule has 0 spiro atoms. The summed E-state index contributed by atoms with van der Waals surface area (Å²) in [6, 6.07) is 25.3. The molecule has 1 saturated carbocycles. The zero-order valence-corrected chi connectivity index (χ0v) is 24.1. The topological polar surface area (TPSA) is 102 Å². The summed E-state index contributed by atoms with van der Waals surface area (Å²) in [4.78, 5) is 26.0. The molecule has 0 aromatic heterocycles. The van der Waals surface area contributed by atoms with Crippen LogP contribution in [0.15, 0.2) is 89.8 Å². The van der Waals surface area contributed by atoms with Gasteiger partial charge in [0.1, 0.15) is 5.60 Å². The third-order valence-electron chi connectivity index (χ3n) is 7.00. The zero-order valence-electron chi connectivity index (χ0n) is 23.3. The van der Waals surface area contributed by atoms with Gasteiger partial charge in [0.25, 0.3) is 0 Å². The molecule has 8 heteroatoms. The van der Waals surface area contributed by atoms with Crippen molar-refractivity contribution in [2.75, 3.05) is 0 Å². The molecule has 1 amide bonds. The predicted molar refractivity (Wildman–Crippen MR) is 156 cm³/mol. The maximum atomic E-state index is 13.2. The molecule has 1 aliphatic carbocycles. The minimum atomic E-state index is -3.68. The first-order valence-electron chi connectivity index (χ1n) is 13.8. The van der Waals surface area contributed by atoms with Crippen LogP contribution in [0.5, 0.6) is 0 Å². The van der Waals surface area contributed by atoms with Crippen molar-refractivity contribution in [1.82, 2.24) is 10.0 Å². The van der Waals surface area contributed by atoms with Crippen LogP contribution < -0.4 is 10.0 Å². The van der Waals surface area contributed by atoms with Gasteiger partial charge in [-0.3, -0.25) is 9.59 Å². The molecule has 1 fully saturated rings. The lowest BCUT2D eigenvalue weighted by atomic mass is 9.85. The summed E-state index contributed by atoms with van der Waals surface area (Å²) in [6.45, 7) is 5.44. The Balaban J connectivity index is 1.33. The quantitative estimate of drug-likeness (QED) is 0.322. The van der Waals surface area contributed by atoms with Crippen LogP contribution in [0.25, 0.3) is 11.1 Å². The molecular weight excluding hydrogens is 524 g/mol. The van der Waals surface area contributed by atoms with Crippen molar-refractivity contribution in [1.29, 1.82) is 0 Å². The Kier molecular flexibility index (Phi) is 9.43. The second kappa shape index (κ2) is 12.8. The third kappa shape index (κ3) is 8.26. The Morgan fingerprint density at radius 1 is 0.825 bits per heavy atom. The van der Waals surface area contributed by atoms with Crippen molar-refractivity contribution in [3.8, 4) is 11.1 Å². The van der Waals surface area contributed by atoms with E-state index in [4.69, 9.17) is 4.74 Å². The van der Waals surface area contributed by atoms with Gasteiger partial charge in [0.05, 0.1) is 17.4 Å². The number of carbonyl (C=O) groups is 2. The van der Waals surface area contributed by atoms with Gasteiger partial charge in [-0.1, -0.05) is 72.8 Å². The molecule has 212 valence electrons. The van der Waals surface area contributed by atoms with Crippen LogP contribution in [0.2, 0.25) is 0 Å². The summed E-state index contributed by atoms with van der Waals surface area (Å²) in [5.74, 6) is -0.762. The number of ether oxygens (including phenoxy) is 1. The molecule has 2 N–H and O–H groups in total. The average Bonchev–Trinajstić information content (AvgIpc) is 2.93. The lowest BCUT2D eigenvalue weighted by Crippen LogP contribution is -2.42. The average molecular weight is 563 g/mol. The van der Waals surface area contributed by atoms with Crippen LogP contribution in [0, 0.1) is 5.92 Å². The van der Waals surface area contributed by atoms with Crippen LogP contribution in [-0.2, 0) is 24.3 Å². The monoisotopic (exact) mass is 562 g/mol. The first-order valence-corrected chi connectivity index (χ1v) is 15.2. The molecule has 40 heavy (non-hydrogen) atoms. The van der Waals surface area contributed by atoms with E-state index < -0.39 is 21.7 Å². The van der Waals surface area contributed by atoms with E-state index in [1.165, 1.54) is 0 Å². The maximum absolute atomic E-state index is 13.2. The molecular formula is C32H38N2O5S. The second-order valence-electron chi connectivity index (χ2n) is 11.3. The molecule has 0 bridgehead atoms.